The Morgan fingerprint density at radius 1 is 1.31 bits per heavy atom. The van der Waals surface area contributed by atoms with E-state index in [1.54, 1.807) is 39.5 Å². The summed E-state index contributed by atoms with van der Waals surface area (Å²) in [5, 5.41) is 10.6. The molecule has 4 rings (SSSR count). The number of pyridine rings is 1. The second-order valence-corrected chi connectivity index (χ2v) is 7.09. The van der Waals surface area contributed by atoms with E-state index in [-0.39, 0.29) is 5.91 Å². The van der Waals surface area contributed by atoms with E-state index in [1.807, 2.05) is 30.4 Å². The molecule has 2 aromatic heterocycles. The lowest BCUT2D eigenvalue weighted by atomic mass is 9.92. The van der Waals surface area contributed by atoms with Gasteiger partial charge < -0.3 is 19.7 Å². The van der Waals surface area contributed by atoms with E-state index in [4.69, 9.17) is 4.74 Å². The van der Waals surface area contributed by atoms with Gasteiger partial charge in [-0.3, -0.25) is 4.79 Å². The van der Waals surface area contributed by atoms with Crippen molar-refractivity contribution >= 4 is 28.1 Å². The molecule has 1 atom stereocenters. The molecule has 148 valence electrons. The molecule has 0 saturated heterocycles. The lowest BCUT2D eigenvalue weighted by Crippen LogP contribution is -2.21. The van der Waals surface area contributed by atoms with E-state index >= 15 is 0 Å². The van der Waals surface area contributed by atoms with Crippen LogP contribution in [0.25, 0.3) is 22.2 Å². The fraction of sp³-hybridized carbons (Fsp3) is 0.227. The second-order valence-electron chi connectivity index (χ2n) is 7.09. The van der Waals surface area contributed by atoms with Crippen LogP contribution in [0.4, 0.5) is 0 Å². The maximum Gasteiger partial charge on any atom is 0.253 e. The summed E-state index contributed by atoms with van der Waals surface area (Å²) in [6.07, 6.45) is 5.32. The van der Waals surface area contributed by atoms with Crippen LogP contribution in [-0.4, -0.2) is 58.2 Å². The minimum atomic E-state index is -0.676. The monoisotopic (exact) mass is 390 g/mol. The van der Waals surface area contributed by atoms with Crippen molar-refractivity contribution in [2.75, 3.05) is 21.2 Å². The minimum absolute atomic E-state index is 0.0751. The number of aromatic amines is 1. The number of ether oxygens (including phenoxy) is 1. The average molecular weight is 390 g/mol. The van der Waals surface area contributed by atoms with Crippen LogP contribution in [-0.2, 0) is 0 Å². The lowest BCUT2D eigenvalue weighted by molar-refractivity contribution is 0.0827. The van der Waals surface area contributed by atoms with Crippen molar-refractivity contribution in [3.63, 3.8) is 0 Å². The standard InChI is InChI=1S/C22H22N4O3/c1-26(2)22(28)14-6-8-17-18(12-14)25-20(24-17)16-11-13(7-9-19(16)27)15-5-4-10-23-21(15)29-3/h4-8,10-12,19,27H,9H2,1-3H3,(H,24,25). The number of aliphatic hydroxyl groups excluding tert-OH is 1. The number of hydrogen-bond donors (Lipinski definition) is 2. The number of carbonyl (C=O) groups excluding carboxylic acids is 1. The Bertz CT molecular complexity index is 1140. The summed E-state index contributed by atoms with van der Waals surface area (Å²) < 4.78 is 5.37. The Morgan fingerprint density at radius 2 is 2.14 bits per heavy atom. The van der Waals surface area contributed by atoms with Gasteiger partial charge in [-0.2, -0.15) is 0 Å². The van der Waals surface area contributed by atoms with Crippen LogP contribution in [0.1, 0.15) is 28.2 Å². The maximum atomic E-state index is 12.2. The summed E-state index contributed by atoms with van der Waals surface area (Å²) in [4.78, 5) is 25.9. The Labute approximate surface area is 168 Å². The molecule has 1 aliphatic rings. The number of aromatic nitrogens is 3. The molecule has 1 aliphatic carbocycles. The van der Waals surface area contributed by atoms with Crippen LogP contribution >= 0.6 is 0 Å². The highest BCUT2D eigenvalue weighted by Gasteiger charge is 2.22. The van der Waals surface area contributed by atoms with Crippen LogP contribution in [0.15, 0.2) is 48.7 Å². The second kappa shape index (κ2) is 7.52. The molecule has 0 bridgehead atoms. The summed E-state index contributed by atoms with van der Waals surface area (Å²) in [7, 11) is 5.02. The molecule has 29 heavy (non-hydrogen) atoms. The number of aliphatic hydroxyl groups is 1. The number of imidazole rings is 1. The smallest absolute Gasteiger partial charge is 0.253 e. The molecule has 1 aromatic carbocycles. The number of rotatable bonds is 4. The first-order chi connectivity index (χ1) is 14.0. The predicted molar refractivity (Wildman–Crippen MR) is 111 cm³/mol. The van der Waals surface area contributed by atoms with E-state index in [2.05, 4.69) is 15.0 Å². The van der Waals surface area contributed by atoms with Crippen LogP contribution < -0.4 is 4.74 Å². The predicted octanol–water partition coefficient (Wildman–Crippen LogP) is 2.90. The number of amides is 1. The highest BCUT2D eigenvalue weighted by atomic mass is 16.5. The van der Waals surface area contributed by atoms with Gasteiger partial charge in [0.2, 0.25) is 5.88 Å². The number of carbonyl (C=O) groups is 1. The fourth-order valence-electron chi connectivity index (χ4n) is 3.41. The number of nitrogens with zero attached hydrogens (tertiary/aromatic N) is 3. The molecule has 7 heteroatoms. The molecule has 0 aliphatic heterocycles. The Balaban J connectivity index is 1.74. The van der Waals surface area contributed by atoms with E-state index in [9.17, 15) is 9.90 Å². The number of hydrogen-bond acceptors (Lipinski definition) is 5. The SMILES string of the molecule is COc1ncccc1C1=CCC(O)C(c2nc3ccc(C(=O)N(C)C)cc3[nH]2)=C1. The third kappa shape index (κ3) is 3.52. The molecule has 0 fully saturated rings. The summed E-state index contributed by atoms with van der Waals surface area (Å²) in [6, 6.07) is 9.13. The van der Waals surface area contributed by atoms with Crippen LogP contribution in [0, 0.1) is 0 Å². The number of allylic oxidation sites excluding steroid dienone is 2. The topological polar surface area (TPSA) is 91.3 Å². The van der Waals surface area contributed by atoms with E-state index in [0.29, 0.717) is 29.3 Å². The van der Waals surface area contributed by atoms with E-state index in [1.165, 1.54) is 4.90 Å². The van der Waals surface area contributed by atoms with Crippen molar-refractivity contribution in [2.24, 2.45) is 0 Å². The molecule has 2 N–H and O–H groups in total. The first-order valence-corrected chi connectivity index (χ1v) is 9.29. The average Bonchev–Trinajstić information content (AvgIpc) is 3.16. The van der Waals surface area contributed by atoms with Crippen LogP contribution in [0.5, 0.6) is 5.88 Å². The summed E-state index contributed by atoms with van der Waals surface area (Å²) >= 11 is 0. The lowest BCUT2D eigenvalue weighted by Gasteiger charge is -2.19. The summed E-state index contributed by atoms with van der Waals surface area (Å²) in [6.45, 7) is 0. The zero-order valence-corrected chi connectivity index (χ0v) is 16.5. The zero-order chi connectivity index (χ0) is 20.5. The number of H-pyrrole nitrogens is 1. The van der Waals surface area contributed by atoms with Crippen molar-refractivity contribution in [1.29, 1.82) is 0 Å². The van der Waals surface area contributed by atoms with Gasteiger partial charge in [-0.15, -0.1) is 0 Å². The highest BCUT2D eigenvalue weighted by Crippen LogP contribution is 2.34. The van der Waals surface area contributed by atoms with E-state index in [0.717, 1.165) is 22.2 Å². The molecule has 0 saturated carbocycles. The van der Waals surface area contributed by atoms with E-state index < -0.39 is 6.10 Å². The molecule has 3 aromatic rings. The quantitative estimate of drug-likeness (QED) is 0.715. The molecule has 0 radical (unpaired) electrons. The van der Waals surface area contributed by atoms with Gasteiger partial charge in [0.15, 0.2) is 0 Å². The first-order valence-electron chi connectivity index (χ1n) is 9.29. The minimum Gasteiger partial charge on any atom is -0.481 e. The number of nitrogens with one attached hydrogen (secondary N) is 1. The van der Waals surface area contributed by atoms with Gasteiger partial charge in [0.25, 0.3) is 5.91 Å². The normalized spacial score (nSPS) is 16.3. The van der Waals surface area contributed by atoms with Gasteiger partial charge in [-0.1, -0.05) is 6.08 Å². The number of fused-ring (bicyclic) bond motifs is 1. The molecule has 1 amide bonds. The maximum absolute atomic E-state index is 12.2. The highest BCUT2D eigenvalue weighted by molar-refractivity contribution is 5.97. The number of methoxy groups -OCH3 is 1. The van der Waals surface area contributed by atoms with Crippen molar-refractivity contribution in [2.45, 2.75) is 12.5 Å². The van der Waals surface area contributed by atoms with Gasteiger partial charge in [-0.25, -0.2) is 9.97 Å². The summed E-state index contributed by atoms with van der Waals surface area (Å²) in [5.74, 6) is 1.03. The Kier molecular flexibility index (Phi) is 4.90. The molecular weight excluding hydrogens is 368 g/mol. The van der Waals surface area contributed by atoms with Crippen molar-refractivity contribution in [3.8, 4) is 5.88 Å². The fourth-order valence-corrected chi connectivity index (χ4v) is 3.41. The van der Waals surface area contributed by atoms with Crippen molar-refractivity contribution < 1.29 is 14.6 Å². The summed E-state index contributed by atoms with van der Waals surface area (Å²) in [5.41, 5.74) is 4.52. The third-order valence-corrected chi connectivity index (χ3v) is 4.91. The van der Waals surface area contributed by atoms with Crippen LogP contribution in [0.2, 0.25) is 0 Å². The zero-order valence-electron chi connectivity index (χ0n) is 16.5. The molecule has 0 spiro atoms. The first kappa shape index (κ1) is 18.9. The van der Waals surface area contributed by atoms with Gasteiger partial charge >= 0.3 is 0 Å². The Hall–Kier alpha value is -3.45. The molecule has 1 unspecified atom stereocenters. The Morgan fingerprint density at radius 3 is 2.90 bits per heavy atom. The number of benzene rings is 1. The van der Waals surface area contributed by atoms with Gasteiger partial charge in [0.1, 0.15) is 5.82 Å². The third-order valence-electron chi connectivity index (χ3n) is 4.91. The largest absolute Gasteiger partial charge is 0.481 e. The van der Waals surface area contributed by atoms with Gasteiger partial charge in [0.05, 0.1) is 24.2 Å². The van der Waals surface area contributed by atoms with Gasteiger partial charge in [0, 0.05) is 37.0 Å². The van der Waals surface area contributed by atoms with Crippen molar-refractivity contribution in [1.82, 2.24) is 19.9 Å². The van der Waals surface area contributed by atoms with Crippen molar-refractivity contribution in [3.05, 3.63) is 65.6 Å². The molecule has 7 nitrogen and oxygen atoms in total. The van der Waals surface area contributed by atoms with Gasteiger partial charge in [-0.05, 0) is 48.4 Å². The molecule has 2 heterocycles. The molecular formula is C22H22N4O3. The van der Waals surface area contributed by atoms with Crippen LogP contribution in [0.3, 0.4) is 0 Å².